The molecule has 0 fully saturated rings. The third-order valence-electron chi connectivity index (χ3n) is 3.42. The summed E-state index contributed by atoms with van der Waals surface area (Å²) in [6, 6.07) is 4.24. The van der Waals surface area contributed by atoms with Crippen molar-refractivity contribution in [2.45, 2.75) is 25.3 Å². The van der Waals surface area contributed by atoms with Gasteiger partial charge in [-0.1, -0.05) is 0 Å². The third kappa shape index (κ3) is 1.85. The molecule has 2 heterocycles. The standard InChI is InChI=1S/C13H17N3O2/c1-16-13(17-2)8-12(15-16)14-10-4-3-5-11-9(10)6-7-18-11/h6-8,10H,3-5H2,1-2H3,(H,14,15). The number of ether oxygens (including phenoxy) is 1. The van der Waals surface area contributed by atoms with Gasteiger partial charge in [0.05, 0.1) is 19.4 Å². The first-order valence-corrected chi connectivity index (χ1v) is 6.19. The Balaban J connectivity index is 1.81. The highest BCUT2D eigenvalue weighted by Crippen LogP contribution is 2.33. The van der Waals surface area contributed by atoms with Crippen LogP contribution in [0.4, 0.5) is 5.82 Å². The zero-order valence-electron chi connectivity index (χ0n) is 10.6. The summed E-state index contributed by atoms with van der Waals surface area (Å²) >= 11 is 0. The van der Waals surface area contributed by atoms with E-state index in [2.05, 4.69) is 10.4 Å². The second kappa shape index (κ2) is 4.40. The Morgan fingerprint density at radius 3 is 3.22 bits per heavy atom. The van der Waals surface area contributed by atoms with Crippen LogP contribution in [0.25, 0.3) is 0 Å². The number of fused-ring (bicyclic) bond motifs is 1. The van der Waals surface area contributed by atoms with Crippen LogP contribution in [0.5, 0.6) is 5.88 Å². The molecule has 1 N–H and O–H groups in total. The van der Waals surface area contributed by atoms with Crippen molar-refractivity contribution in [2.75, 3.05) is 12.4 Å². The minimum Gasteiger partial charge on any atom is -0.481 e. The van der Waals surface area contributed by atoms with Crippen molar-refractivity contribution in [3.8, 4) is 5.88 Å². The maximum atomic E-state index is 5.48. The lowest BCUT2D eigenvalue weighted by molar-refractivity contribution is 0.373. The molecule has 96 valence electrons. The number of rotatable bonds is 3. The Labute approximate surface area is 106 Å². The van der Waals surface area contributed by atoms with Crippen molar-refractivity contribution < 1.29 is 9.15 Å². The van der Waals surface area contributed by atoms with Gasteiger partial charge in [-0.15, -0.1) is 0 Å². The SMILES string of the molecule is COc1cc(NC2CCCc3occc32)nn1C. The van der Waals surface area contributed by atoms with Crippen LogP contribution in [0, 0.1) is 0 Å². The highest BCUT2D eigenvalue weighted by atomic mass is 16.5. The Morgan fingerprint density at radius 1 is 1.56 bits per heavy atom. The van der Waals surface area contributed by atoms with Gasteiger partial charge in [0.2, 0.25) is 5.88 Å². The largest absolute Gasteiger partial charge is 0.481 e. The van der Waals surface area contributed by atoms with E-state index >= 15 is 0 Å². The van der Waals surface area contributed by atoms with Gasteiger partial charge in [0.15, 0.2) is 5.82 Å². The van der Waals surface area contributed by atoms with Crippen LogP contribution in [0.2, 0.25) is 0 Å². The molecule has 5 nitrogen and oxygen atoms in total. The van der Waals surface area contributed by atoms with Crippen LogP contribution in [-0.2, 0) is 13.5 Å². The van der Waals surface area contributed by atoms with Gasteiger partial charge in [0.1, 0.15) is 5.76 Å². The number of anilines is 1. The minimum absolute atomic E-state index is 0.284. The van der Waals surface area contributed by atoms with E-state index in [1.54, 1.807) is 18.1 Å². The molecule has 0 amide bonds. The molecule has 1 unspecified atom stereocenters. The van der Waals surface area contributed by atoms with Crippen molar-refractivity contribution in [2.24, 2.45) is 7.05 Å². The van der Waals surface area contributed by atoms with Gasteiger partial charge in [0.25, 0.3) is 0 Å². The first kappa shape index (κ1) is 11.2. The molecule has 18 heavy (non-hydrogen) atoms. The van der Waals surface area contributed by atoms with E-state index in [0.717, 1.165) is 36.7 Å². The predicted octanol–water partition coefficient (Wildman–Crippen LogP) is 2.51. The van der Waals surface area contributed by atoms with Crippen LogP contribution in [0.1, 0.15) is 30.2 Å². The first-order chi connectivity index (χ1) is 8.78. The first-order valence-electron chi connectivity index (χ1n) is 6.19. The average Bonchev–Trinajstić information content (AvgIpc) is 2.96. The lowest BCUT2D eigenvalue weighted by atomic mass is 9.93. The van der Waals surface area contributed by atoms with Crippen molar-refractivity contribution in [3.05, 3.63) is 29.7 Å². The molecule has 0 aromatic carbocycles. The average molecular weight is 247 g/mol. The molecule has 1 aliphatic rings. The van der Waals surface area contributed by atoms with E-state index < -0.39 is 0 Å². The Kier molecular flexibility index (Phi) is 2.74. The topological polar surface area (TPSA) is 52.2 Å². The number of hydrogen-bond donors (Lipinski definition) is 1. The normalized spacial score (nSPS) is 18.4. The van der Waals surface area contributed by atoms with Gasteiger partial charge in [-0.3, -0.25) is 0 Å². The minimum atomic E-state index is 0.284. The molecule has 0 radical (unpaired) electrons. The molecular formula is C13H17N3O2. The van der Waals surface area contributed by atoms with Crippen molar-refractivity contribution in [1.29, 1.82) is 0 Å². The highest BCUT2D eigenvalue weighted by Gasteiger charge is 2.23. The molecule has 2 aromatic rings. The molecule has 0 bridgehead atoms. The second-order valence-electron chi connectivity index (χ2n) is 4.58. The summed E-state index contributed by atoms with van der Waals surface area (Å²) in [5, 5.41) is 7.83. The summed E-state index contributed by atoms with van der Waals surface area (Å²) in [6.45, 7) is 0. The molecule has 0 saturated carbocycles. The number of aryl methyl sites for hydroxylation is 2. The maximum Gasteiger partial charge on any atom is 0.213 e. The molecule has 3 rings (SSSR count). The monoisotopic (exact) mass is 247 g/mol. The number of nitrogens with one attached hydrogen (secondary N) is 1. The second-order valence-corrected chi connectivity index (χ2v) is 4.58. The lowest BCUT2D eigenvalue weighted by Crippen LogP contribution is -2.16. The summed E-state index contributed by atoms with van der Waals surface area (Å²) in [7, 11) is 3.52. The fraction of sp³-hybridized carbons (Fsp3) is 0.462. The third-order valence-corrected chi connectivity index (χ3v) is 3.42. The van der Waals surface area contributed by atoms with E-state index in [4.69, 9.17) is 9.15 Å². The van der Waals surface area contributed by atoms with E-state index in [1.165, 1.54) is 5.56 Å². The van der Waals surface area contributed by atoms with Crippen LogP contribution in [-0.4, -0.2) is 16.9 Å². The molecule has 1 atom stereocenters. The van der Waals surface area contributed by atoms with Crippen molar-refractivity contribution in [3.63, 3.8) is 0 Å². The lowest BCUT2D eigenvalue weighted by Gasteiger charge is -2.22. The van der Waals surface area contributed by atoms with E-state index in [9.17, 15) is 0 Å². The Morgan fingerprint density at radius 2 is 2.44 bits per heavy atom. The van der Waals surface area contributed by atoms with Gasteiger partial charge >= 0.3 is 0 Å². The molecule has 1 aliphatic carbocycles. The molecule has 0 aliphatic heterocycles. The molecular weight excluding hydrogens is 230 g/mol. The van der Waals surface area contributed by atoms with E-state index in [-0.39, 0.29) is 6.04 Å². The van der Waals surface area contributed by atoms with Gasteiger partial charge in [-0.25, -0.2) is 4.68 Å². The maximum absolute atomic E-state index is 5.48. The summed E-state index contributed by atoms with van der Waals surface area (Å²) in [6.07, 6.45) is 5.04. The Hall–Kier alpha value is -1.91. The number of nitrogens with zero attached hydrogens (tertiary/aromatic N) is 2. The van der Waals surface area contributed by atoms with Crippen molar-refractivity contribution >= 4 is 5.82 Å². The van der Waals surface area contributed by atoms with E-state index in [0.29, 0.717) is 0 Å². The number of aromatic nitrogens is 2. The predicted molar refractivity (Wildman–Crippen MR) is 67.8 cm³/mol. The summed E-state index contributed by atoms with van der Waals surface area (Å²) in [5.74, 6) is 2.69. The van der Waals surface area contributed by atoms with Gasteiger partial charge in [0, 0.05) is 25.1 Å². The quantitative estimate of drug-likeness (QED) is 0.905. The zero-order chi connectivity index (χ0) is 12.5. The number of hydrogen-bond acceptors (Lipinski definition) is 4. The van der Waals surface area contributed by atoms with Crippen molar-refractivity contribution in [1.82, 2.24) is 9.78 Å². The highest BCUT2D eigenvalue weighted by molar-refractivity contribution is 5.42. The van der Waals surface area contributed by atoms with Crippen LogP contribution < -0.4 is 10.1 Å². The van der Waals surface area contributed by atoms with Crippen LogP contribution >= 0.6 is 0 Å². The summed E-state index contributed by atoms with van der Waals surface area (Å²) < 4.78 is 12.4. The van der Waals surface area contributed by atoms with E-state index in [1.807, 2.05) is 19.2 Å². The molecule has 2 aromatic heterocycles. The fourth-order valence-corrected chi connectivity index (χ4v) is 2.53. The van der Waals surface area contributed by atoms with Gasteiger partial charge in [-0.05, 0) is 18.9 Å². The fourth-order valence-electron chi connectivity index (χ4n) is 2.53. The number of furan rings is 1. The summed E-state index contributed by atoms with van der Waals surface area (Å²) in [4.78, 5) is 0. The molecule has 0 saturated heterocycles. The summed E-state index contributed by atoms with van der Waals surface area (Å²) in [5.41, 5.74) is 1.26. The van der Waals surface area contributed by atoms with Crippen LogP contribution in [0.3, 0.4) is 0 Å². The molecule has 5 heteroatoms. The van der Waals surface area contributed by atoms with Crippen LogP contribution in [0.15, 0.2) is 22.8 Å². The Bertz CT molecular complexity index is 544. The number of methoxy groups -OCH3 is 1. The van der Waals surface area contributed by atoms with Gasteiger partial charge < -0.3 is 14.5 Å². The molecule has 0 spiro atoms. The zero-order valence-corrected chi connectivity index (χ0v) is 10.6. The smallest absolute Gasteiger partial charge is 0.213 e. The van der Waals surface area contributed by atoms with Gasteiger partial charge in [-0.2, -0.15) is 5.10 Å².